The molecule has 1 heterocycles. The summed E-state index contributed by atoms with van der Waals surface area (Å²) in [5.74, 6) is 0.00722. The molecular weight excluding hydrogens is 218 g/mol. The molecule has 17 heavy (non-hydrogen) atoms. The van der Waals surface area contributed by atoms with Crippen molar-refractivity contribution < 1.29 is 14.7 Å². The second-order valence-corrected chi connectivity index (χ2v) is 5.54. The van der Waals surface area contributed by atoms with E-state index in [1.807, 2.05) is 11.8 Å². The predicted molar refractivity (Wildman–Crippen MR) is 63.5 cm³/mol. The Balaban J connectivity index is 1.85. The number of hydrogen-bond acceptors (Lipinski definition) is 2. The van der Waals surface area contributed by atoms with Gasteiger partial charge >= 0.3 is 5.97 Å². The number of aliphatic carboxylic acids is 1. The minimum Gasteiger partial charge on any atom is -0.481 e. The van der Waals surface area contributed by atoms with Gasteiger partial charge in [-0.15, -0.1) is 0 Å². The number of amides is 1. The maximum Gasteiger partial charge on any atom is 0.303 e. The lowest BCUT2D eigenvalue weighted by Gasteiger charge is -2.25. The van der Waals surface area contributed by atoms with E-state index >= 15 is 0 Å². The van der Waals surface area contributed by atoms with E-state index in [2.05, 4.69) is 0 Å². The minimum atomic E-state index is -0.814. The van der Waals surface area contributed by atoms with E-state index in [-0.39, 0.29) is 18.2 Å². The predicted octanol–water partition coefficient (Wildman–Crippen LogP) is 1.89. The third-order valence-corrected chi connectivity index (χ3v) is 4.13. The van der Waals surface area contributed by atoms with Gasteiger partial charge in [-0.3, -0.25) is 9.59 Å². The number of carboxylic acids is 1. The summed E-state index contributed by atoms with van der Waals surface area (Å²) >= 11 is 0. The van der Waals surface area contributed by atoms with Crippen LogP contribution in [0.4, 0.5) is 0 Å². The van der Waals surface area contributed by atoms with Gasteiger partial charge in [0.2, 0.25) is 5.91 Å². The molecule has 1 saturated carbocycles. The molecule has 0 spiro atoms. The van der Waals surface area contributed by atoms with Crippen LogP contribution >= 0.6 is 0 Å². The lowest BCUT2D eigenvalue weighted by Crippen LogP contribution is -2.36. The van der Waals surface area contributed by atoms with E-state index in [4.69, 9.17) is 5.11 Å². The van der Waals surface area contributed by atoms with Crippen LogP contribution in [0.15, 0.2) is 0 Å². The van der Waals surface area contributed by atoms with E-state index in [0.29, 0.717) is 18.4 Å². The minimum absolute atomic E-state index is 0.0551. The number of carbonyl (C=O) groups excluding carboxylic acids is 1. The Labute approximate surface area is 102 Å². The first-order valence-electron chi connectivity index (χ1n) is 6.59. The molecule has 2 aliphatic rings. The van der Waals surface area contributed by atoms with Crippen LogP contribution in [-0.4, -0.2) is 34.5 Å². The van der Waals surface area contributed by atoms with E-state index < -0.39 is 5.97 Å². The molecule has 2 rings (SSSR count). The van der Waals surface area contributed by atoms with Crippen LogP contribution < -0.4 is 0 Å². The van der Waals surface area contributed by atoms with E-state index in [1.165, 1.54) is 12.8 Å². The highest BCUT2D eigenvalue weighted by molar-refractivity contribution is 5.78. The molecule has 4 nitrogen and oxygen atoms in total. The molecule has 96 valence electrons. The lowest BCUT2D eigenvalue weighted by molar-refractivity contribution is -0.138. The quantitative estimate of drug-likeness (QED) is 0.815. The molecule has 1 aliphatic heterocycles. The summed E-state index contributed by atoms with van der Waals surface area (Å²) < 4.78 is 0. The van der Waals surface area contributed by atoms with Crippen molar-refractivity contribution in [2.75, 3.05) is 6.54 Å². The maximum absolute atomic E-state index is 12.1. The largest absolute Gasteiger partial charge is 0.481 e. The first kappa shape index (κ1) is 12.4. The number of rotatable bonds is 4. The molecule has 4 heteroatoms. The van der Waals surface area contributed by atoms with Crippen molar-refractivity contribution in [2.45, 2.75) is 51.5 Å². The summed E-state index contributed by atoms with van der Waals surface area (Å²) in [7, 11) is 0. The third kappa shape index (κ3) is 2.79. The molecule has 1 aliphatic carbocycles. The van der Waals surface area contributed by atoms with Gasteiger partial charge < -0.3 is 10.0 Å². The number of nitrogens with zero attached hydrogens (tertiary/aromatic N) is 1. The van der Waals surface area contributed by atoms with Crippen molar-refractivity contribution in [1.29, 1.82) is 0 Å². The fourth-order valence-corrected chi connectivity index (χ4v) is 3.33. The van der Waals surface area contributed by atoms with Gasteiger partial charge in [-0.2, -0.15) is 0 Å². The topological polar surface area (TPSA) is 57.6 Å². The van der Waals surface area contributed by atoms with E-state index in [0.717, 1.165) is 19.4 Å². The average molecular weight is 239 g/mol. The summed E-state index contributed by atoms with van der Waals surface area (Å²) in [6.45, 7) is 2.72. The fraction of sp³-hybridized carbons (Fsp3) is 0.846. The normalized spacial score (nSPS) is 29.1. The van der Waals surface area contributed by atoms with E-state index in [9.17, 15) is 9.59 Å². The molecule has 0 bridgehead atoms. The second kappa shape index (κ2) is 5.07. The monoisotopic (exact) mass is 239 g/mol. The standard InChI is InChI=1S/C13H21NO3/c1-9(8-13(16)17)7-12(15)14-6-5-10-3-2-4-11(10)14/h9-11H,2-8H2,1H3,(H,16,17). The smallest absolute Gasteiger partial charge is 0.303 e. The highest BCUT2D eigenvalue weighted by Gasteiger charge is 2.39. The van der Waals surface area contributed by atoms with Gasteiger partial charge in [0.15, 0.2) is 0 Å². The van der Waals surface area contributed by atoms with Crippen molar-refractivity contribution in [3.05, 3.63) is 0 Å². The Kier molecular flexibility index (Phi) is 3.69. The molecule has 3 atom stereocenters. The third-order valence-electron chi connectivity index (χ3n) is 4.13. The van der Waals surface area contributed by atoms with Crippen molar-refractivity contribution in [3.8, 4) is 0 Å². The maximum atomic E-state index is 12.1. The van der Waals surface area contributed by atoms with Crippen LogP contribution in [-0.2, 0) is 9.59 Å². The van der Waals surface area contributed by atoms with E-state index in [1.54, 1.807) is 0 Å². The van der Waals surface area contributed by atoms with Gasteiger partial charge in [0.1, 0.15) is 0 Å². The number of hydrogen-bond donors (Lipinski definition) is 1. The Morgan fingerprint density at radius 2 is 2.06 bits per heavy atom. The average Bonchev–Trinajstić information content (AvgIpc) is 2.74. The molecule has 2 fully saturated rings. The molecule has 0 aromatic heterocycles. The zero-order valence-electron chi connectivity index (χ0n) is 10.4. The Hall–Kier alpha value is -1.06. The molecular formula is C13H21NO3. The summed E-state index contributed by atoms with van der Waals surface area (Å²) in [6, 6.07) is 0.458. The summed E-state index contributed by atoms with van der Waals surface area (Å²) in [4.78, 5) is 24.7. The highest BCUT2D eigenvalue weighted by atomic mass is 16.4. The summed E-state index contributed by atoms with van der Waals surface area (Å²) in [6.07, 6.45) is 5.26. The van der Waals surface area contributed by atoms with Crippen LogP contribution in [0, 0.1) is 11.8 Å². The Morgan fingerprint density at radius 3 is 2.76 bits per heavy atom. The highest BCUT2D eigenvalue weighted by Crippen LogP contribution is 2.38. The first-order chi connectivity index (χ1) is 8.08. The van der Waals surface area contributed by atoms with Crippen LogP contribution in [0.3, 0.4) is 0 Å². The number of carboxylic acid groups (broad SMARTS) is 1. The van der Waals surface area contributed by atoms with Gasteiger partial charge in [0.25, 0.3) is 0 Å². The van der Waals surface area contributed by atoms with Gasteiger partial charge in [-0.05, 0) is 31.1 Å². The van der Waals surface area contributed by atoms with Gasteiger partial charge in [0.05, 0.1) is 0 Å². The fourth-order valence-electron chi connectivity index (χ4n) is 3.33. The molecule has 0 aromatic carbocycles. The molecule has 0 aromatic rings. The molecule has 1 N–H and O–H groups in total. The van der Waals surface area contributed by atoms with Crippen molar-refractivity contribution >= 4 is 11.9 Å². The molecule has 1 saturated heterocycles. The zero-order valence-corrected chi connectivity index (χ0v) is 10.4. The zero-order chi connectivity index (χ0) is 12.4. The van der Waals surface area contributed by atoms with Gasteiger partial charge in [-0.1, -0.05) is 13.3 Å². The van der Waals surface area contributed by atoms with Crippen LogP contribution in [0.1, 0.15) is 45.4 Å². The SMILES string of the molecule is CC(CC(=O)O)CC(=O)N1CCC2CCCC21. The lowest BCUT2D eigenvalue weighted by atomic mass is 10.0. The Bertz CT molecular complexity index is 316. The van der Waals surface area contributed by atoms with Gasteiger partial charge in [0, 0.05) is 25.4 Å². The number of carbonyl (C=O) groups is 2. The number of likely N-dealkylation sites (tertiary alicyclic amines) is 1. The summed E-state index contributed by atoms with van der Waals surface area (Å²) in [5, 5.41) is 8.69. The number of fused-ring (bicyclic) bond motifs is 1. The van der Waals surface area contributed by atoms with Crippen molar-refractivity contribution in [2.24, 2.45) is 11.8 Å². The molecule has 3 unspecified atom stereocenters. The Morgan fingerprint density at radius 1 is 1.29 bits per heavy atom. The van der Waals surface area contributed by atoms with Crippen molar-refractivity contribution in [1.82, 2.24) is 4.90 Å². The van der Waals surface area contributed by atoms with Crippen molar-refractivity contribution in [3.63, 3.8) is 0 Å². The van der Waals surface area contributed by atoms with Crippen LogP contribution in [0.2, 0.25) is 0 Å². The summed E-state index contributed by atoms with van der Waals surface area (Å²) in [5.41, 5.74) is 0. The molecule has 0 radical (unpaired) electrons. The second-order valence-electron chi connectivity index (χ2n) is 5.54. The van der Waals surface area contributed by atoms with Gasteiger partial charge in [-0.25, -0.2) is 0 Å². The van der Waals surface area contributed by atoms with Crippen LogP contribution in [0.5, 0.6) is 0 Å². The molecule has 1 amide bonds. The first-order valence-corrected chi connectivity index (χ1v) is 6.59. The van der Waals surface area contributed by atoms with Crippen LogP contribution in [0.25, 0.3) is 0 Å².